The van der Waals surface area contributed by atoms with Crippen molar-refractivity contribution in [1.82, 2.24) is 5.32 Å². The lowest BCUT2D eigenvalue weighted by Gasteiger charge is -2.08. The fourth-order valence-corrected chi connectivity index (χ4v) is 2.91. The van der Waals surface area contributed by atoms with E-state index in [1.54, 1.807) is 6.92 Å². The van der Waals surface area contributed by atoms with Crippen molar-refractivity contribution >= 4 is 9.84 Å². The highest BCUT2D eigenvalue weighted by atomic mass is 32.2. The van der Waals surface area contributed by atoms with Gasteiger partial charge in [0, 0.05) is 13.0 Å². The van der Waals surface area contributed by atoms with Crippen LogP contribution in [-0.4, -0.2) is 50.4 Å². The molecule has 4 nitrogen and oxygen atoms in total. The van der Waals surface area contributed by atoms with E-state index in [9.17, 15) is 21.6 Å². The van der Waals surface area contributed by atoms with E-state index in [2.05, 4.69) is 5.32 Å². The molecule has 0 bridgehead atoms. The first-order valence-corrected chi connectivity index (χ1v) is 8.10. The molecule has 0 aliphatic rings. The Hall–Kier alpha value is -0.340. The first-order chi connectivity index (χ1) is 8.62. The number of aliphatic hydroxyl groups excluding tert-OH is 1. The summed E-state index contributed by atoms with van der Waals surface area (Å²) in [5.41, 5.74) is 0. The van der Waals surface area contributed by atoms with Crippen LogP contribution in [0.25, 0.3) is 0 Å². The van der Waals surface area contributed by atoms with Crippen molar-refractivity contribution in [2.45, 2.75) is 44.9 Å². The Labute approximate surface area is 112 Å². The number of hydrogen-bond donors (Lipinski definition) is 2. The molecule has 0 aromatic carbocycles. The maximum atomic E-state index is 11.9. The van der Waals surface area contributed by atoms with Crippen LogP contribution in [0.2, 0.25) is 0 Å². The van der Waals surface area contributed by atoms with Crippen LogP contribution >= 0.6 is 0 Å². The van der Waals surface area contributed by atoms with Gasteiger partial charge in [-0.15, -0.1) is 0 Å². The second-order valence-corrected chi connectivity index (χ2v) is 6.93. The molecule has 0 saturated heterocycles. The van der Waals surface area contributed by atoms with Gasteiger partial charge in [-0.2, -0.15) is 13.2 Å². The minimum absolute atomic E-state index is 0.0821. The smallest absolute Gasteiger partial charge is 0.389 e. The first kappa shape index (κ1) is 18.7. The summed E-state index contributed by atoms with van der Waals surface area (Å²) in [6, 6.07) is 0. The van der Waals surface area contributed by atoms with Gasteiger partial charge in [0.15, 0.2) is 0 Å². The Morgan fingerprint density at radius 2 is 1.74 bits per heavy atom. The predicted molar refractivity (Wildman–Crippen MR) is 67.7 cm³/mol. The highest BCUT2D eigenvalue weighted by Gasteiger charge is 2.27. The fraction of sp³-hybridized carbons (Fsp3) is 1.00. The van der Waals surface area contributed by atoms with Crippen molar-refractivity contribution in [2.75, 3.05) is 24.6 Å². The van der Waals surface area contributed by atoms with E-state index < -0.39 is 34.3 Å². The van der Waals surface area contributed by atoms with Crippen LogP contribution in [0.3, 0.4) is 0 Å². The Balaban J connectivity index is 3.63. The van der Waals surface area contributed by atoms with Gasteiger partial charge in [-0.3, -0.25) is 0 Å². The van der Waals surface area contributed by atoms with Gasteiger partial charge < -0.3 is 10.4 Å². The van der Waals surface area contributed by atoms with Crippen molar-refractivity contribution in [3.63, 3.8) is 0 Å². The van der Waals surface area contributed by atoms with E-state index in [4.69, 9.17) is 5.11 Å². The van der Waals surface area contributed by atoms with E-state index in [1.807, 2.05) is 0 Å². The van der Waals surface area contributed by atoms with Crippen molar-refractivity contribution in [3.05, 3.63) is 0 Å². The van der Waals surface area contributed by atoms with E-state index in [0.717, 1.165) is 0 Å². The van der Waals surface area contributed by atoms with Crippen LogP contribution in [0.15, 0.2) is 0 Å². The molecule has 0 saturated carbocycles. The van der Waals surface area contributed by atoms with Crippen LogP contribution < -0.4 is 5.32 Å². The quantitative estimate of drug-likeness (QED) is 0.600. The van der Waals surface area contributed by atoms with Gasteiger partial charge >= 0.3 is 6.18 Å². The first-order valence-electron chi connectivity index (χ1n) is 6.28. The summed E-state index contributed by atoms with van der Waals surface area (Å²) in [5.74, 6) is -0.491. The molecule has 1 atom stereocenters. The van der Waals surface area contributed by atoms with Crippen LogP contribution in [0.5, 0.6) is 0 Å². The minimum atomic E-state index is -4.29. The zero-order chi connectivity index (χ0) is 14.9. The molecule has 0 aromatic rings. The Bertz CT molecular complexity index is 329. The van der Waals surface area contributed by atoms with Gasteiger partial charge in [0.05, 0.1) is 17.6 Å². The zero-order valence-corrected chi connectivity index (χ0v) is 11.9. The largest absolute Gasteiger partial charge is 0.392 e. The molecule has 8 heteroatoms. The normalized spacial score (nSPS) is 14.6. The predicted octanol–water partition coefficient (Wildman–Crippen LogP) is 1.49. The summed E-state index contributed by atoms with van der Waals surface area (Å²) in [4.78, 5) is 0. The van der Waals surface area contributed by atoms with E-state index in [0.29, 0.717) is 25.9 Å². The molecule has 0 amide bonds. The molecule has 0 rings (SSSR count). The number of hydrogen-bond acceptors (Lipinski definition) is 4. The van der Waals surface area contributed by atoms with Crippen molar-refractivity contribution in [1.29, 1.82) is 0 Å². The SMILES string of the molecule is C[C@@H](O)CNCCCCS(=O)(=O)CCCC(F)(F)F. The Morgan fingerprint density at radius 3 is 2.26 bits per heavy atom. The number of aliphatic hydroxyl groups is 1. The molecule has 19 heavy (non-hydrogen) atoms. The molecule has 116 valence electrons. The summed E-state index contributed by atoms with van der Waals surface area (Å²) in [6.45, 7) is 2.67. The molecular formula is C11H22F3NO3S. The molecule has 0 unspecified atom stereocenters. The number of alkyl halides is 3. The Kier molecular flexibility index (Phi) is 8.60. The third-order valence-electron chi connectivity index (χ3n) is 2.41. The molecule has 0 radical (unpaired) electrons. The average Bonchev–Trinajstić information content (AvgIpc) is 2.20. The van der Waals surface area contributed by atoms with E-state index in [-0.39, 0.29) is 12.2 Å². The number of halogens is 3. The van der Waals surface area contributed by atoms with Gasteiger partial charge in [-0.05, 0) is 32.7 Å². The van der Waals surface area contributed by atoms with Gasteiger partial charge in [0.1, 0.15) is 9.84 Å². The number of sulfone groups is 1. The van der Waals surface area contributed by atoms with Gasteiger partial charge in [-0.1, -0.05) is 0 Å². The highest BCUT2D eigenvalue weighted by Crippen LogP contribution is 2.21. The lowest BCUT2D eigenvalue weighted by molar-refractivity contribution is -0.134. The second-order valence-electron chi connectivity index (χ2n) is 4.63. The van der Waals surface area contributed by atoms with E-state index >= 15 is 0 Å². The molecule has 0 spiro atoms. The topological polar surface area (TPSA) is 66.4 Å². The van der Waals surface area contributed by atoms with Crippen LogP contribution in [0.4, 0.5) is 13.2 Å². The maximum absolute atomic E-state index is 11.9. The standard InChI is InChI=1S/C11H22F3NO3S/c1-10(16)9-15-6-2-3-7-19(17,18)8-4-5-11(12,13)14/h10,15-16H,2-9H2,1H3/t10-/m1/s1. The van der Waals surface area contributed by atoms with E-state index in [1.165, 1.54) is 0 Å². The molecule has 2 N–H and O–H groups in total. The lowest BCUT2D eigenvalue weighted by atomic mass is 10.3. The average molecular weight is 305 g/mol. The van der Waals surface area contributed by atoms with Gasteiger partial charge in [0.25, 0.3) is 0 Å². The number of unbranched alkanes of at least 4 members (excludes halogenated alkanes) is 1. The summed E-state index contributed by atoms with van der Waals surface area (Å²) in [5, 5.41) is 11.9. The van der Waals surface area contributed by atoms with Crippen molar-refractivity contribution < 1.29 is 26.7 Å². The molecule has 0 aliphatic carbocycles. The monoisotopic (exact) mass is 305 g/mol. The molecule has 0 aliphatic heterocycles. The van der Waals surface area contributed by atoms with Crippen LogP contribution in [-0.2, 0) is 9.84 Å². The third-order valence-corrected chi connectivity index (χ3v) is 4.24. The van der Waals surface area contributed by atoms with Crippen molar-refractivity contribution in [2.24, 2.45) is 0 Å². The maximum Gasteiger partial charge on any atom is 0.389 e. The molecule has 0 fully saturated rings. The number of rotatable bonds is 10. The molecular weight excluding hydrogens is 283 g/mol. The summed E-state index contributed by atoms with van der Waals surface area (Å²) < 4.78 is 58.5. The second kappa shape index (κ2) is 8.76. The summed E-state index contributed by atoms with van der Waals surface area (Å²) >= 11 is 0. The molecule has 0 heterocycles. The summed E-state index contributed by atoms with van der Waals surface area (Å²) in [7, 11) is -3.38. The van der Waals surface area contributed by atoms with Crippen molar-refractivity contribution in [3.8, 4) is 0 Å². The minimum Gasteiger partial charge on any atom is -0.392 e. The fourth-order valence-electron chi connectivity index (χ4n) is 1.48. The van der Waals surface area contributed by atoms with Gasteiger partial charge in [-0.25, -0.2) is 8.42 Å². The number of nitrogens with one attached hydrogen (secondary N) is 1. The van der Waals surface area contributed by atoms with Crippen LogP contribution in [0.1, 0.15) is 32.6 Å². The lowest BCUT2D eigenvalue weighted by Crippen LogP contribution is -2.25. The van der Waals surface area contributed by atoms with Gasteiger partial charge in [0.2, 0.25) is 0 Å². The van der Waals surface area contributed by atoms with Crippen LogP contribution in [0, 0.1) is 0 Å². The summed E-state index contributed by atoms with van der Waals surface area (Å²) in [6.07, 6.45) is -5.13. The Morgan fingerprint density at radius 1 is 1.16 bits per heavy atom. The molecule has 0 aromatic heterocycles. The third kappa shape index (κ3) is 13.9. The zero-order valence-electron chi connectivity index (χ0n) is 11.0. The highest BCUT2D eigenvalue weighted by molar-refractivity contribution is 7.91.